The van der Waals surface area contributed by atoms with E-state index in [0.29, 0.717) is 46.2 Å². The van der Waals surface area contributed by atoms with Crippen LogP contribution in [0.3, 0.4) is 0 Å². The number of hydrogen-bond acceptors (Lipinski definition) is 4. The fourth-order valence-corrected chi connectivity index (χ4v) is 5.21. The van der Waals surface area contributed by atoms with E-state index in [0.717, 1.165) is 11.1 Å². The summed E-state index contributed by atoms with van der Waals surface area (Å²) < 4.78 is 48.9. The molecule has 2 aromatic heterocycles. The monoisotopic (exact) mass is 515 g/mol. The number of ether oxygens (including phenoxy) is 1. The number of fused-ring (bicyclic) bond motifs is 2. The molecular weight excluding hydrogens is 491 g/mol. The Labute approximate surface area is 211 Å². The molecule has 1 unspecified atom stereocenters. The van der Waals surface area contributed by atoms with Gasteiger partial charge in [0, 0.05) is 34.7 Å². The largest absolute Gasteiger partial charge is 0.493 e. The summed E-state index contributed by atoms with van der Waals surface area (Å²) in [5.41, 5.74) is -0.695. The van der Waals surface area contributed by atoms with Crippen molar-refractivity contribution in [2.45, 2.75) is 50.3 Å². The number of nitrogens with zero attached hydrogens (tertiary/aromatic N) is 2. The standard InChI is InChI=1S/C27H25ClF3N3O2/c1-25(2,20-11-18(28)10-17-8-9-36-23(17)20)15-26(35,27(29,30)31)13-19-12-21-22(33-19)14-32-24(34-21)16-6-4-3-5-7-16/h3-7,10-12,14,33,35H,8-9,13,15H2,1-2H3. The van der Waals surface area contributed by atoms with Crippen molar-refractivity contribution in [1.82, 2.24) is 15.0 Å². The molecule has 0 saturated carbocycles. The number of nitrogens with one attached hydrogen (secondary N) is 1. The highest BCUT2D eigenvalue weighted by molar-refractivity contribution is 6.30. The van der Waals surface area contributed by atoms with Crippen molar-refractivity contribution in [3.8, 4) is 17.1 Å². The lowest BCUT2D eigenvalue weighted by atomic mass is 9.73. The second-order valence-electron chi connectivity index (χ2n) is 9.96. The molecule has 1 aliphatic rings. The normalized spacial score (nSPS) is 15.5. The average Bonchev–Trinajstić information content (AvgIpc) is 3.43. The summed E-state index contributed by atoms with van der Waals surface area (Å²) in [6.07, 6.45) is -3.96. The van der Waals surface area contributed by atoms with Crippen molar-refractivity contribution in [2.75, 3.05) is 6.61 Å². The Morgan fingerprint density at radius 2 is 1.86 bits per heavy atom. The summed E-state index contributed by atoms with van der Waals surface area (Å²) in [5.74, 6) is 1.03. The van der Waals surface area contributed by atoms with E-state index < -0.39 is 30.0 Å². The van der Waals surface area contributed by atoms with E-state index in [1.807, 2.05) is 30.3 Å². The molecule has 0 amide bonds. The molecule has 0 saturated heterocycles. The second-order valence-corrected chi connectivity index (χ2v) is 10.4. The average molecular weight is 516 g/mol. The van der Waals surface area contributed by atoms with Crippen molar-refractivity contribution in [2.24, 2.45) is 0 Å². The fraction of sp³-hybridized carbons (Fsp3) is 0.333. The van der Waals surface area contributed by atoms with Gasteiger partial charge >= 0.3 is 6.18 Å². The molecule has 188 valence electrons. The van der Waals surface area contributed by atoms with Crippen LogP contribution in [-0.2, 0) is 18.3 Å². The highest BCUT2D eigenvalue weighted by Crippen LogP contribution is 2.47. The summed E-state index contributed by atoms with van der Waals surface area (Å²) in [5, 5.41) is 11.6. The minimum Gasteiger partial charge on any atom is -0.493 e. The number of aromatic amines is 1. The van der Waals surface area contributed by atoms with Gasteiger partial charge in [-0.05, 0) is 35.6 Å². The molecule has 1 aliphatic heterocycles. The van der Waals surface area contributed by atoms with Crippen LogP contribution in [0.1, 0.15) is 37.1 Å². The number of aliphatic hydroxyl groups is 1. The van der Waals surface area contributed by atoms with E-state index in [1.54, 1.807) is 26.0 Å². The van der Waals surface area contributed by atoms with E-state index in [-0.39, 0.29) is 5.69 Å². The van der Waals surface area contributed by atoms with E-state index >= 15 is 0 Å². The maximum absolute atomic E-state index is 14.4. The van der Waals surface area contributed by atoms with Crippen LogP contribution in [0.4, 0.5) is 13.2 Å². The predicted molar refractivity (Wildman–Crippen MR) is 132 cm³/mol. The smallest absolute Gasteiger partial charge is 0.417 e. The number of rotatable bonds is 6. The van der Waals surface area contributed by atoms with Crippen LogP contribution in [0.5, 0.6) is 5.75 Å². The Balaban J connectivity index is 1.48. The number of hydrogen-bond donors (Lipinski definition) is 2. The molecule has 1 atom stereocenters. The SMILES string of the molecule is CC(C)(CC(O)(Cc1cc2nc(-c3ccccc3)ncc2[nH]1)C(F)(F)F)c1cc(Cl)cc2c1OCC2. The van der Waals surface area contributed by atoms with Crippen molar-refractivity contribution >= 4 is 22.6 Å². The molecule has 4 aromatic rings. The van der Waals surface area contributed by atoms with Gasteiger partial charge in [-0.25, -0.2) is 9.97 Å². The van der Waals surface area contributed by atoms with Crippen LogP contribution in [-0.4, -0.2) is 38.4 Å². The third kappa shape index (κ3) is 4.55. The molecule has 2 aromatic carbocycles. The number of benzene rings is 2. The van der Waals surface area contributed by atoms with Gasteiger partial charge < -0.3 is 14.8 Å². The van der Waals surface area contributed by atoms with Gasteiger partial charge in [0.15, 0.2) is 11.4 Å². The lowest BCUT2D eigenvalue weighted by Crippen LogP contribution is -2.51. The molecule has 5 rings (SSSR count). The van der Waals surface area contributed by atoms with Gasteiger partial charge in [-0.3, -0.25) is 0 Å². The quantitative estimate of drug-likeness (QED) is 0.311. The molecule has 0 aliphatic carbocycles. The zero-order chi connectivity index (χ0) is 25.7. The van der Waals surface area contributed by atoms with Crippen LogP contribution >= 0.6 is 11.6 Å². The third-order valence-corrected chi connectivity index (χ3v) is 6.90. The Morgan fingerprint density at radius 1 is 1.11 bits per heavy atom. The van der Waals surface area contributed by atoms with Crippen molar-refractivity contribution < 1.29 is 23.0 Å². The van der Waals surface area contributed by atoms with Gasteiger partial charge in [-0.15, -0.1) is 0 Å². The van der Waals surface area contributed by atoms with Crippen LogP contribution < -0.4 is 4.74 Å². The van der Waals surface area contributed by atoms with Gasteiger partial charge in [-0.2, -0.15) is 13.2 Å². The first-order valence-electron chi connectivity index (χ1n) is 11.6. The Bertz CT molecular complexity index is 1420. The number of H-pyrrole nitrogens is 1. The van der Waals surface area contributed by atoms with Gasteiger partial charge in [-0.1, -0.05) is 55.8 Å². The van der Waals surface area contributed by atoms with E-state index in [4.69, 9.17) is 16.3 Å². The van der Waals surface area contributed by atoms with Crippen molar-refractivity contribution in [3.05, 3.63) is 76.6 Å². The van der Waals surface area contributed by atoms with Gasteiger partial charge in [0.2, 0.25) is 0 Å². The predicted octanol–water partition coefficient (Wildman–Crippen LogP) is 6.42. The van der Waals surface area contributed by atoms with Crippen LogP contribution in [0.15, 0.2) is 54.7 Å². The minimum absolute atomic E-state index is 0.215. The summed E-state index contributed by atoms with van der Waals surface area (Å²) in [4.78, 5) is 11.8. The number of aromatic nitrogens is 3. The van der Waals surface area contributed by atoms with Gasteiger partial charge in [0.1, 0.15) is 5.75 Å². The molecule has 9 heteroatoms. The summed E-state index contributed by atoms with van der Waals surface area (Å²) in [7, 11) is 0. The van der Waals surface area contributed by atoms with Crippen LogP contribution in [0, 0.1) is 0 Å². The molecule has 0 spiro atoms. The zero-order valence-electron chi connectivity index (χ0n) is 19.8. The van der Waals surface area contributed by atoms with Crippen LogP contribution in [0.25, 0.3) is 22.4 Å². The van der Waals surface area contributed by atoms with Crippen LogP contribution in [0.2, 0.25) is 5.02 Å². The maximum atomic E-state index is 14.4. The third-order valence-electron chi connectivity index (χ3n) is 6.68. The molecule has 36 heavy (non-hydrogen) atoms. The van der Waals surface area contributed by atoms with E-state index in [2.05, 4.69) is 15.0 Å². The summed E-state index contributed by atoms with van der Waals surface area (Å²) >= 11 is 6.27. The Morgan fingerprint density at radius 3 is 2.58 bits per heavy atom. The maximum Gasteiger partial charge on any atom is 0.417 e. The zero-order valence-corrected chi connectivity index (χ0v) is 20.5. The van der Waals surface area contributed by atoms with Gasteiger partial charge in [0.05, 0.1) is 23.8 Å². The first kappa shape index (κ1) is 24.6. The lowest BCUT2D eigenvalue weighted by molar-refractivity contribution is -0.266. The molecule has 2 N–H and O–H groups in total. The number of halogens is 4. The Hall–Kier alpha value is -3.10. The Kier molecular flexibility index (Phi) is 6.00. The van der Waals surface area contributed by atoms with Crippen molar-refractivity contribution in [3.63, 3.8) is 0 Å². The first-order valence-corrected chi connectivity index (χ1v) is 12.0. The lowest BCUT2D eigenvalue weighted by Gasteiger charge is -2.38. The second kappa shape index (κ2) is 8.78. The number of alkyl halides is 3. The van der Waals surface area contributed by atoms with E-state index in [9.17, 15) is 18.3 Å². The molecule has 0 bridgehead atoms. The van der Waals surface area contributed by atoms with Crippen molar-refractivity contribution in [1.29, 1.82) is 0 Å². The molecule has 5 nitrogen and oxygen atoms in total. The fourth-order valence-electron chi connectivity index (χ4n) is 4.97. The summed E-state index contributed by atoms with van der Waals surface area (Å²) in [6, 6.07) is 14.2. The van der Waals surface area contributed by atoms with Gasteiger partial charge in [0.25, 0.3) is 0 Å². The molecule has 0 fully saturated rings. The summed E-state index contributed by atoms with van der Waals surface area (Å²) in [6.45, 7) is 3.78. The first-order chi connectivity index (χ1) is 17.0. The highest BCUT2D eigenvalue weighted by Gasteiger charge is 2.56. The topological polar surface area (TPSA) is 71.0 Å². The minimum atomic E-state index is -4.88. The highest BCUT2D eigenvalue weighted by atomic mass is 35.5. The molecule has 3 heterocycles. The molecular formula is C27H25ClF3N3O2. The molecule has 0 radical (unpaired) electrons. The van der Waals surface area contributed by atoms with E-state index in [1.165, 1.54) is 12.3 Å².